The Hall–Kier alpha value is -1.07. The molecule has 0 heterocycles. The zero-order valence-electron chi connectivity index (χ0n) is 11.4. The van der Waals surface area contributed by atoms with Gasteiger partial charge in [0.05, 0.1) is 5.75 Å². The molecule has 1 aromatic carbocycles. The van der Waals surface area contributed by atoms with Crippen molar-refractivity contribution in [3.8, 4) is 0 Å². The quantitative estimate of drug-likeness (QED) is 0.862. The van der Waals surface area contributed by atoms with Gasteiger partial charge in [0.2, 0.25) is 10.0 Å². The Kier molecular flexibility index (Phi) is 4.47. The van der Waals surface area contributed by atoms with Crippen molar-refractivity contribution in [1.82, 2.24) is 4.31 Å². The first kappa shape index (κ1) is 14.3. The maximum atomic E-state index is 12.4. The lowest BCUT2D eigenvalue weighted by Gasteiger charge is -2.30. The highest BCUT2D eigenvalue weighted by Crippen LogP contribution is 2.24. The first-order valence-electron chi connectivity index (χ1n) is 6.79. The summed E-state index contributed by atoms with van der Waals surface area (Å²) in [5.74, 6) is 0.0558. The summed E-state index contributed by atoms with van der Waals surface area (Å²) < 4.78 is 26.3. The van der Waals surface area contributed by atoms with E-state index in [1.54, 1.807) is 35.6 Å². The normalized spacial score (nSPS) is 17.8. The summed E-state index contributed by atoms with van der Waals surface area (Å²) in [6, 6.07) is 7.22. The number of benzene rings is 1. The molecule has 1 fully saturated rings. The molecule has 2 rings (SSSR count). The fourth-order valence-electron chi connectivity index (χ4n) is 2.60. The highest BCUT2D eigenvalue weighted by atomic mass is 32.2. The van der Waals surface area contributed by atoms with Crippen LogP contribution < -0.4 is 5.73 Å². The van der Waals surface area contributed by atoms with Gasteiger partial charge in [-0.1, -0.05) is 31.4 Å². The second-order valence-corrected chi connectivity index (χ2v) is 7.33. The van der Waals surface area contributed by atoms with Crippen molar-refractivity contribution in [3.63, 3.8) is 0 Å². The zero-order chi connectivity index (χ0) is 13.9. The molecule has 1 aliphatic rings. The molecule has 0 bridgehead atoms. The molecule has 0 radical (unpaired) electrons. The Morgan fingerprint density at radius 2 is 1.74 bits per heavy atom. The summed E-state index contributed by atoms with van der Waals surface area (Å²) in [5.41, 5.74) is 7.05. The van der Waals surface area contributed by atoms with E-state index in [9.17, 15) is 8.42 Å². The van der Waals surface area contributed by atoms with Crippen LogP contribution >= 0.6 is 0 Å². The van der Waals surface area contributed by atoms with Crippen LogP contribution in [0.1, 0.15) is 37.7 Å². The van der Waals surface area contributed by atoms with Crippen LogP contribution in [-0.2, 0) is 15.8 Å². The maximum Gasteiger partial charge on any atom is 0.218 e. The minimum Gasteiger partial charge on any atom is -0.399 e. The van der Waals surface area contributed by atoms with E-state index in [2.05, 4.69) is 0 Å². The summed E-state index contributed by atoms with van der Waals surface area (Å²) in [5, 5.41) is 0. The second-order valence-electron chi connectivity index (χ2n) is 5.31. The van der Waals surface area contributed by atoms with Crippen LogP contribution in [0.5, 0.6) is 0 Å². The molecule has 2 N–H and O–H groups in total. The summed E-state index contributed by atoms with van der Waals surface area (Å²) in [7, 11) is -1.52. The molecule has 1 aromatic rings. The largest absolute Gasteiger partial charge is 0.399 e. The number of sulfonamides is 1. The van der Waals surface area contributed by atoms with E-state index in [1.807, 2.05) is 0 Å². The molecule has 0 saturated heterocycles. The van der Waals surface area contributed by atoms with Gasteiger partial charge in [-0.15, -0.1) is 0 Å². The van der Waals surface area contributed by atoms with Crippen molar-refractivity contribution < 1.29 is 8.42 Å². The third-order valence-electron chi connectivity index (χ3n) is 3.86. The smallest absolute Gasteiger partial charge is 0.218 e. The minimum absolute atomic E-state index is 0.0558. The Labute approximate surface area is 115 Å². The number of nitrogens with zero attached hydrogens (tertiary/aromatic N) is 1. The Bertz CT molecular complexity index is 505. The lowest BCUT2D eigenvalue weighted by atomic mass is 9.96. The molecule has 0 unspecified atom stereocenters. The average Bonchev–Trinajstić information content (AvgIpc) is 2.41. The molecule has 0 spiro atoms. The SMILES string of the molecule is CN(C1CCCCC1)S(=O)(=O)Cc1ccc(N)cc1. The van der Waals surface area contributed by atoms with Gasteiger partial charge in [-0.25, -0.2) is 12.7 Å². The molecule has 1 aliphatic carbocycles. The van der Waals surface area contributed by atoms with E-state index < -0.39 is 10.0 Å². The molecule has 0 aliphatic heterocycles. The summed E-state index contributed by atoms with van der Waals surface area (Å²) in [4.78, 5) is 0. The van der Waals surface area contributed by atoms with Crippen LogP contribution in [0.25, 0.3) is 0 Å². The fourth-order valence-corrected chi connectivity index (χ4v) is 4.08. The molecule has 0 atom stereocenters. The standard InChI is InChI=1S/C14H22N2O2S/c1-16(14-5-3-2-4-6-14)19(17,18)11-12-7-9-13(15)10-8-12/h7-10,14H,2-6,11,15H2,1H3. The molecule has 19 heavy (non-hydrogen) atoms. The second kappa shape index (κ2) is 5.92. The minimum atomic E-state index is -3.23. The van der Waals surface area contributed by atoms with E-state index in [0.29, 0.717) is 5.69 Å². The van der Waals surface area contributed by atoms with E-state index in [4.69, 9.17) is 5.73 Å². The van der Waals surface area contributed by atoms with Crippen LogP contribution in [0.4, 0.5) is 5.69 Å². The van der Waals surface area contributed by atoms with Gasteiger partial charge in [0.15, 0.2) is 0 Å². The third-order valence-corrected chi connectivity index (χ3v) is 5.73. The molecule has 0 aromatic heterocycles. The van der Waals surface area contributed by atoms with Crippen LogP contribution in [0.2, 0.25) is 0 Å². The van der Waals surface area contributed by atoms with Gasteiger partial charge in [-0.05, 0) is 30.5 Å². The van der Waals surface area contributed by atoms with Crippen molar-refractivity contribution in [2.75, 3.05) is 12.8 Å². The Morgan fingerprint density at radius 3 is 2.32 bits per heavy atom. The van der Waals surface area contributed by atoms with Gasteiger partial charge < -0.3 is 5.73 Å². The number of nitrogen functional groups attached to an aromatic ring is 1. The molecular formula is C14H22N2O2S. The van der Waals surface area contributed by atoms with Gasteiger partial charge in [0, 0.05) is 18.8 Å². The zero-order valence-corrected chi connectivity index (χ0v) is 12.2. The van der Waals surface area contributed by atoms with Crippen molar-refractivity contribution in [1.29, 1.82) is 0 Å². The molecule has 106 valence electrons. The number of rotatable bonds is 4. The number of hydrogen-bond acceptors (Lipinski definition) is 3. The molecule has 1 saturated carbocycles. The first-order valence-corrected chi connectivity index (χ1v) is 8.40. The van der Waals surface area contributed by atoms with Crippen molar-refractivity contribution >= 4 is 15.7 Å². The van der Waals surface area contributed by atoms with Crippen LogP contribution in [0.3, 0.4) is 0 Å². The summed E-state index contributed by atoms with van der Waals surface area (Å²) >= 11 is 0. The van der Waals surface area contributed by atoms with Crippen LogP contribution in [0.15, 0.2) is 24.3 Å². The number of anilines is 1. The lowest BCUT2D eigenvalue weighted by molar-refractivity contribution is 0.285. The fraction of sp³-hybridized carbons (Fsp3) is 0.571. The van der Waals surface area contributed by atoms with Gasteiger partial charge in [-0.3, -0.25) is 0 Å². The molecule has 4 nitrogen and oxygen atoms in total. The van der Waals surface area contributed by atoms with Gasteiger partial charge >= 0.3 is 0 Å². The van der Waals surface area contributed by atoms with Gasteiger partial charge in [0.1, 0.15) is 0 Å². The van der Waals surface area contributed by atoms with E-state index in [1.165, 1.54) is 6.42 Å². The molecule has 5 heteroatoms. The lowest BCUT2D eigenvalue weighted by Crippen LogP contribution is -2.38. The van der Waals surface area contributed by atoms with Crippen LogP contribution in [-0.4, -0.2) is 25.8 Å². The van der Waals surface area contributed by atoms with Crippen molar-refractivity contribution in [2.45, 2.75) is 43.9 Å². The van der Waals surface area contributed by atoms with Crippen molar-refractivity contribution in [3.05, 3.63) is 29.8 Å². The highest BCUT2D eigenvalue weighted by molar-refractivity contribution is 7.88. The first-order chi connectivity index (χ1) is 8.99. The average molecular weight is 282 g/mol. The monoisotopic (exact) mass is 282 g/mol. The molecule has 0 amide bonds. The summed E-state index contributed by atoms with van der Waals surface area (Å²) in [6.07, 6.45) is 5.45. The number of hydrogen-bond donors (Lipinski definition) is 1. The maximum absolute atomic E-state index is 12.4. The Morgan fingerprint density at radius 1 is 1.16 bits per heavy atom. The van der Waals surface area contributed by atoms with Crippen molar-refractivity contribution in [2.24, 2.45) is 0 Å². The van der Waals surface area contributed by atoms with E-state index in [0.717, 1.165) is 31.2 Å². The molecular weight excluding hydrogens is 260 g/mol. The topological polar surface area (TPSA) is 63.4 Å². The van der Waals surface area contributed by atoms with Gasteiger partial charge in [-0.2, -0.15) is 0 Å². The highest BCUT2D eigenvalue weighted by Gasteiger charge is 2.27. The number of nitrogens with two attached hydrogens (primary N) is 1. The predicted octanol–water partition coefficient (Wildman–Crippen LogP) is 2.36. The van der Waals surface area contributed by atoms with E-state index in [-0.39, 0.29) is 11.8 Å². The summed E-state index contributed by atoms with van der Waals surface area (Å²) in [6.45, 7) is 0. The van der Waals surface area contributed by atoms with Crippen LogP contribution in [0, 0.1) is 0 Å². The Balaban J connectivity index is 2.06. The van der Waals surface area contributed by atoms with Gasteiger partial charge in [0.25, 0.3) is 0 Å². The van der Waals surface area contributed by atoms with E-state index >= 15 is 0 Å². The third kappa shape index (κ3) is 3.70. The predicted molar refractivity (Wildman–Crippen MR) is 78.1 cm³/mol.